The Morgan fingerprint density at radius 3 is 2.46 bits per heavy atom. The molecule has 4 nitrogen and oxygen atoms in total. The van der Waals surface area contributed by atoms with Crippen LogP contribution in [0.5, 0.6) is 5.75 Å². The Bertz CT molecular complexity index is 825. The normalized spacial score (nSPS) is 11.9. The van der Waals surface area contributed by atoms with Crippen LogP contribution in [0.2, 0.25) is 0 Å². The molecule has 0 aliphatic heterocycles. The number of amides is 1. The molecule has 0 bridgehead atoms. The fraction of sp³-hybridized carbons (Fsp3) is 0.0556. The van der Waals surface area contributed by atoms with E-state index in [0.29, 0.717) is 23.5 Å². The molecule has 1 amide bonds. The molecule has 1 atom stereocenters. The number of hydrogen-bond donors (Lipinski definition) is 2. The van der Waals surface area contributed by atoms with Crippen molar-refractivity contribution in [3.05, 3.63) is 89.4 Å². The minimum atomic E-state index is -1.14. The van der Waals surface area contributed by atoms with Crippen molar-refractivity contribution in [1.29, 1.82) is 0 Å². The molecule has 2 N–H and O–H groups in total. The number of benzene rings is 2. The zero-order chi connectivity index (χ0) is 17.1. The van der Waals surface area contributed by atoms with Crippen LogP contribution < -0.4 is 5.32 Å². The molecule has 0 unspecified atom stereocenters. The number of nitrogens with one attached hydrogen (secondary N) is 1. The number of carbonyl (C=O) groups is 1. The summed E-state index contributed by atoms with van der Waals surface area (Å²) < 4.78 is 32.3. The molecule has 1 aromatic heterocycles. The number of hydrogen-bond acceptors (Lipinski definition) is 3. The van der Waals surface area contributed by atoms with E-state index in [9.17, 15) is 18.7 Å². The molecule has 3 rings (SSSR count). The lowest BCUT2D eigenvalue weighted by molar-refractivity contribution is 0.0932. The van der Waals surface area contributed by atoms with Crippen molar-refractivity contribution in [1.82, 2.24) is 5.32 Å². The Morgan fingerprint density at radius 1 is 1.08 bits per heavy atom. The van der Waals surface area contributed by atoms with E-state index in [1.807, 2.05) is 6.07 Å². The van der Waals surface area contributed by atoms with E-state index in [2.05, 4.69) is 5.32 Å². The Kier molecular flexibility index (Phi) is 4.29. The zero-order valence-electron chi connectivity index (χ0n) is 12.4. The van der Waals surface area contributed by atoms with Gasteiger partial charge in [-0.3, -0.25) is 4.79 Å². The number of halogens is 2. The fourth-order valence-corrected chi connectivity index (χ4v) is 2.41. The van der Waals surface area contributed by atoms with Gasteiger partial charge in [-0.25, -0.2) is 8.78 Å². The molecule has 24 heavy (non-hydrogen) atoms. The highest BCUT2D eigenvalue weighted by Gasteiger charge is 2.24. The summed E-state index contributed by atoms with van der Waals surface area (Å²) in [7, 11) is 0. The summed E-state index contributed by atoms with van der Waals surface area (Å²) >= 11 is 0. The van der Waals surface area contributed by atoms with Crippen LogP contribution in [0.4, 0.5) is 8.78 Å². The first kappa shape index (κ1) is 15.7. The maximum absolute atomic E-state index is 13.9. The summed E-state index contributed by atoms with van der Waals surface area (Å²) in [6.07, 6.45) is 1.45. The van der Waals surface area contributed by atoms with Gasteiger partial charge in [0.1, 0.15) is 34.7 Å². The van der Waals surface area contributed by atoms with E-state index in [-0.39, 0.29) is 0 Å². The van der Waals surface area contributed by atoms with Gasteiger partial charge in [0, 0.05) is 12.1 Å². The fourth-order valence-electron chi connectivity index (χ4n) is 2.41. The van der Waals surface area contributed by atoms with Crippen molar-refractivity contribution in [2.45, 2.75) is 6.04 Å². The molecule has 6 heteroatoms. The first-order chi connectivity index (χ1) is 11.6. The van der Waals surface area contributed by atoms with Gasteiger partial charge in [0.2, 0.25) is 0 Å². The van der Waals surface area contributed by atoms with Crippen molar-refractivity contribution in [3.63, 3.8) is 0 Å². The number of furan rings is 1. The number of aromatic hydroxyl groups is 1. The van der Waals surface area contributed by atoms with Gasteiger partial charge in [0.15, 0.2) is 0 Å². The van der Waals surface area contributed by atoms with Crippen LogP contribution in [0, 0.1) is 11.6 Å². The molecular weight excluding hydrogens is 316 g/mol. The topological polar surface area (TPSA) is 62.5 Å². The first-order valence-electron chi connectivity index (χ1n) is 7.13. The molecule has 0 saturated heterocycles. The zero-order valence-corrected chi connectivity index (χ0v) is 12.4. The Morgan fingerprint density at radius 2 is 1.83 bits per heavy atom. The highest BCUT2D eigenvalue weighted by atomic mass is 19.1. The van der Waals surface area contributed by atoms with Crippen LogP contribution in [-0.4, -0.2) is 11.0 Å². The molecule has 0 radical (unpaired) electrons. The van der Waals surface area contributed by atoms with Gasteiger partial charge >= 0.3 is 0 Å². The smallest absolute Gasteiger partial charge is 0.258 e. The summed E-state index contributed by atoms with van der Waals surface area (Å²) in [6, 6.07) is 12.8. The summed E-state index contributed by atoms with van der Waals surface area (Å²) in [4.78, 5) is 12.4. The van der Waals surface area contributed by atoms with Gasteiger partial charge in [0.05, 0.1) is 6.26 Å². The summed E-state index contributed by atoms with van der Waals surface area (Å²) in [6.45, 7) is 0. The Hall–Kier alpha value is -3.15. The molecule has 2 aromatic carbocycles. The SMILES string of the molecule is O=C(N[C@@H](c1ccccc1)c1ccco1)c1c(O)cc(F)cc1F. The standard InChI is InChI=1S/C18H13F2NO3/c19-12-9-13(20)16(14(22)10-12)18(23)21-17(15-7-4-8-24-15)11-5-2-1-3-6-11/h1-10,17,22H,(H,21,23)/t17-/m0/s1. The van der Waals surface area contributed by atoms with Crippen LogP contribution >= 0.6 is 0 Å². The van der Waals surface area contributed by atoms with E-state index in [1.165, 1.54) is 6.26 Å². The first-order valence-corrected chi connectivity index (χ1v) is 7.13. The van der Waals surface area contributed by atoms with Crippen LogP contribution in [0.3, 0.4) is 0 Å². The molecule has 0 aliphatic rings. The van der Waals surface area contributed by atoms with Gasteiger partial charge in [-0.05, 0) is 17.7 Å². The average Bonchev–Trinajstić information content (AvgIpc) is 3.06. The molecule has 3 aromatic rings. The van der Waals surface area contributed by atoms with Crippen molar-refractivity contribution in [3.8, 4) is 5.75 Å². The minimum Gasteiger partial charge on any atom is -0.507 e. The van der Waals surface area contributed by atoms with Crippen LogP contribution in [0.15, 0.2) is 65.3 Å². The minimum absolute atomic E-state index is 0.441. The van der Waals surface area contributed by atoms with Crippen LogP contribution in [0.25, 0.3) is 0 Å². The van der Waals surface area contributed by atoms with E-state index in [4.69, 9.17) is 4.42 Å². The third-order valence-corrected chi connectivity index (χ3v) is 3.50. The highest BCUT2D eigenvalue weighted by molar-refractivity contribution is 5.97. The quantitative estimate of drug-likeness (QED) is 0.766. The Labute approximate surface area is 136 Å². The monoisotopic (exact) mass is 329 g/mol. The molecular formula is C18H13F2NO3. The predicted octanol–water partition coefficient (Wildman–Crippen LogP) is 3.78. The van der Waals surface area contributed by atoms with Gasteiger partial charge in [-0.15, -0.1) is 0 Å². The van der Waals surface area contributed by atoms with Crippen molar-refractivity contribution in [2.24, 2.45) is 0 Å². The molecule has 0 aliphatic carbocycles. The summed E-state index contributed by atoms with van der Waals surface area (Å²) in [5.41, 5.74) is 0.0895. The number of phenols is 1. The van der Waals surface area contributed by atoms with Crippen LogP contribution in [0.1, 0.15) is 27.7 Å². The number of phenolic OH excluding ortho intramolecular Hbond substituents is 1. The molecule has 0 fully saturated rings. The second-order valence-electron chi connectivity index (χ2n) is 5.11. The number of rotatable bonds is 4. The Balaban J connectivity index is 1.96. The molecule has 0 saturated carbocycles. The van der Waals surface area contributed by atoms with Crippen molar-refractivity contribution in [2.75, 3.05) is 0 Å². The maximum atomic E-state index is 13.9. The average molecular weight is 329 g/mol. The molecule has 1 heterocycles. The highest BCUT2D eigenvalue weighted by Crippen LogP contribution is 2.26. The largest absolute Gasteiger partial charge is 0.507 e. The van der Waals surface area contributed by atoms with Gasteiger partial charge < -0.3 is 14.8 Å². The van der Waals surface area contributed by atoms with E-state index in [1.54, 1.807) is 36.4 Å². The van der Waals surface area contributed by atoms with E-state index in [0.717, 1.165) is 0 Å². The predicted molar refractivity (Wildman–Crippen MR) is 82.5 cm³/mol. The van der Waals surface area contributed by atoms with E-state index < -0.39 is 34.9 Å². The lowest BCUT2D eigenvalue weighted by Gasteiger charge is -2.18. The van der Waals surface area contributed by atoms with Gasteiger partial charge in [-0.2, -0.15) is 0 Å². The van der Waals surface area contributed by atoms with Gasteiger partial charge in [0.25, 0.3) is 5.91 Å². The molecule has 122 valence electrons. The van der Waals surface area contributed by atoms with Gasteiger partial charge in [-0.1, -0.05) is 30.3 Å². The third-order valence-electron chi connectivity index (χ3n) is 3.50. The second-order valence-corrected chi connectivity index (χ2v) is 5.11. The van der Waals surface area contributed by atoms with Crippen molar-refractivity contribution >= 4 is 5.91 Å². The summed E-state index contributed by atoms with van der Waals surface area (Å²) in [5.74, 6) is -3.31. The van der Waals surface area contributed by atoms with Crippen molar-refractivity contribution < 1.29 is 23.1 Å². The third kappa shape index (κ3) is 3.12. The van der Waals surface area contributed by atoms with E-state index >= 15 is 0 Å². The lowest BCUT2D eigenvalue weighted by Crippen LogP contribution is -2.30. The summed E-state index contributed by atoms with van der Waals surface area (Å²) in [5, 5.41) is 12.3. The van der Waals surface area contributed by atoms with Crippen LogP contribution in [-0.2, 0) is 0 Å². The lowest BCUT2D eigenvalue weighted by atomic mass is 10.0. The molecule has 0 spiro atoms. The number of carbonyl (C=O) groups excluding carboxylic acids is 1. The second kappa shape index (κ2) is 6.54. The maximum Gasteiger partial charge on any atom is 0.258 e.